The average Bonchev–Trinajstić information content (AvgIpc) is 2.64. The Morgan fingerprint density at radius 2 is 1.75 bits per heavy atom. The first-order valence-electron chi connectivity index (χ1n) is 8.79. The monoisotopic (exact) mass is 412 g/mol. The third-order valence-corrected chi connectivity index (χ3v) is 5.53. The zero-order valence-electron chi connectivity index (χ0n) is 14.9. The van der Waals surface area contributed by atoms with Crippen molar-refractivity contribution in [3.05, 3.63) is 53.1 Å². The SMILES string of the molecule is O=C(O)COc1ccc(SCc2ccccc2OC(F)(F)F)c2c1CCCC2. The molecule has 2 aromatic rings. The van der Waals surface area contributed by atoms with Crippen LogP contribution in [0, 0.1) is 0 Å². The Balaban J connectivity index is 1.79. The molecular weight excluding hydrogens is 393 g/mol. The summed E-state index contributed by atoms with van der Waals surface area (Å²) in [7, 11) is 0. The zero-order chi connectivity index (χ0) is 20.1. The molecule has 0 spiro atoms. The lowest BCUT2D eigenvalue weighted by Gasteiger charge is -2.22. The second-order valence-electron chi connectivity index (χ2n) is 6.35. The third-order valence-electron chi connectivity index (χ3n) is 4.38. The quantitative estimate of drug-likeness (QED) is 0.632. The van der Waals surface area contributed by atoms with Gasteiger partial charge < -0.3 is 14.6 Å². The van der Waals surface area contributed by atoms with Gasteiger partial charge in [-0.15, -0.1) is 24.9 Å². The summed E-state index contributed by atoms with van der Waals surface area (Å²) in [6.07, 6.45) is -1.10. The lowest BCUT2D eigenvalue weighted by Crippen LogP contribution is -2.18. The highest BCUT2D eigenvalue weighted by molar-refractivity contribution is 7.98. The van der Waals surface area contributed by atoms with Gasteiger partial charge in [-0.05, 0) is 55.0 Å². The molecule has 0 fully saturated rings. The number of carboxylic acid groups (broad SMARTS) is 1. The molecule has 0 unspecified atom stereocenters. The number of rotatable bonds is 7. The van der Waals surface area contributed by atoms with Crippen LogP contribution >= 0.6 is 11.8 Å². The number of alkyl halides is 3. The fourth-order valence-electron chi connectivity index (χ4n) is 3.21. The van der Waals surface area contributed by atoms with Gasteiger partial charge in [-0.2, -0.15) is 0 Å². The summed E-state index contributed by atoms with van der Waals surface area (Å²) < 4.78 is 47.3. The van der Waals surface area contributed by atoms with Crippen LogP contribution in [0.15, 0.2) is 41.3 Å². The lowest BCUT2D eigenvalue weighted by atomic mass is 9.91. The summed E-state index contributed by atoms with van der Waals surface area (Å²) in [4.78, 5) is 11.7. The van der Waals surface area contributed by atoms with Crippen LogP contribution in [0.3, 0.4) is 0 Å². The summed E-state index contributed by atoms with van der Waals surface area (Å²) in [6.45, 7) is -0.402. The topological polar surface area (TPSA) is 55.8 Å². The van der Waals surface area contributed by atoms with E-state index in [1.807, 2.05) is 6.07 Å². The highest BCUT2D eigenvalue weighted by atomic mass is 32.2. The summed E-state index contributed by atoms with van der Waals surface area (Å²) in [6, 6.07) is 9.70. The molecule has 1 aliphatic rings. The van der Waals surface area contributed by atoms with Crippen LogP contribution in [0.5, 0.6) is 11.5 Å². The third kappa shape index (κ3) is 5.34. The van der Waals surface area contributed by atoms with Gasteiger partial charge in [0.1, 0.15) is 11.5 Å². The van der Waals surface area contributed by atoms with Gasteiger partial charge in [0.05, 0.1) is 0 Å². The van der Waals surface area contributed by atoms with Crippen LogP contribution in [-0.4, -0.2) is 24.0 Å². The van der Waals surface area contributed by atoms with Crippen molar-refractivity contribution in [2.45, 2.75) is 42.7 Å². The molecule has 0 aliphatic heterocycles. The average molecular weight is 412 g/mol. The maximum atomic E-state index is 12.6. The van der Waals surface area contributed by atoms with Gasteiger partial charge in [0.2, 0.25) is 0 Å². The van der Waals surface area contributed by atoms with Gasteiger partial charge >= 0.3 is 12.3 Å². The highest BCUT2D eigenvalue weighted by Gasteiger charge is 2.32. The van der Waals surface area contributed by atoms with E-state index < -0.39 is 18.9 Å². The molecule has 28 heavy (non-hydrogen) atoms. The number of halogens is 3. The molecule has 1 N–H and O–H groups in total. The standard InChI is InChI=1S/C20H19F3O4S/c21-20(22,23)27-16-8-4-1-5-13(16)12-28-18-10-9-17(26-11-19(24)25)14-6-2-3-7-15(14)18/h1,4-5,8-10H,2-3,6-7,11-12H2,(H,24,25). The summed E-state index contributed by atoms with van der Waals surface area (Å²) in [5, 5.41) is 8.83. The Morgan fingerprint density at radius 3 is 2.46 bits per heavy atom. The number of ether oxygens (including phenoxy) is 2. The van der Waals surface area contributed by atoms with Crippen molar-refractivity contribution >= 4 is 17.7 Å². The number of benzene rings is 2. The molecule has 0 saturated carbocycles. The maximum absolute atomic E-state index is 12.6. The lowest BCUT2D eigenvalue weighted by molar-refractivity contribution is -0.274. The Bertz CT molecular complexity index is 852. The molecule has 0 aromatic heterocycles. The Labute approximate surface area is 164 Å². The van der Waals surface area contributed by atoms with E-state index >= 15 is 0 Å². The molecule has 0 saturated heterocycles. The van der Waals surface area contributed by atoms with E-state index in [0.29, 0.717) is 17.1 Å². The van der Waals surface area contributed by atoms with Crippen molar-refractivity contribution in [3.8, 4) is 11.5 Å². The van der Waals surface area contributed by atoms with E-state index in [9.17, 15) is 18.0 Å². The van der Waals surface area contributed by atoms with Crippen LogP contribution in [0.1, 0.15) is 29.5 Å². The van der Waals surface area contributed by atoms with Gasteiger partial charge in [0.15, 0.2) is 6.61 Å². The summed E-state index contributed by atoms with van der Waals surface area (Å²) in [5.74, 6) is -0.335. The molecule has 8 heteroatoms. The van der Waals surface area contributed by atoms with Crippen molar-refractivity contribution in [2.75, 3.05) is 6.61 Å². The first-order valence-corrected chi connectivity index (χ1v) is 9.78. The van der Waals surface area contributed by atoms with Gasteiger partial charge in [-0.25, -0.2) is 4.79 Å². The van der Waals surface area contributed by atoms with E-state index in [1.165, 1.54) is 23.9 Å². The smallest absolute Gasteiger partial charge is 0.482 e. The minimum absolute atomic E-state index is 0.197. The maximum Gasteiger partial charge on any atom is 0.573 e. The Kier molecular flexibility index (Phi) is 6.39. The van der Waals surface area contributed by atoms with Crippen LogP contribution < -0.4 is 9.47 Å². The van der Waals surface area contributed by atoms with E-state index in [0.717, 1.165) is 41.7 Å². The van der Waals surface area contributed by atoms with Crippen LogP contribution in [-0.2, 0) is 23.4 Å². The number of fused-ring (bicyclic) bond motifs is 1. The number of hydrogen-bond donors (Lipinski definition) is 1. The van der Waals surface area contributed by atoms with Gasteiger partial charge in [-0.1, -0.05) is 18.2 Å². The summed E-state index contributed by atoms with van der Waals surface area (Å²) >= 11 is 1.44. The van der Waals surface area contributed by atoms with E-state index in [4.69, 9.17) is 9.84 Å². The number of para-hydroxylation sites is 1. The molecule has 0 amide bonds. The second kappa shape index (κ2) is 8.77. The second-order valence-corrected chi connectivity index (χ2v) is 7.37. The molecule has 0 radical (unpaired) electrons. The fraction of sp³-hybridized carbons (Fsp3) is 0.350. The predicted molar refractivity (Wildman–Crippen MR) is 98.9 cm³/mol. The van der Waals surface area contributed by atoms with Gasteiger partial charge in [0.25, 0.3) is 0 Å². The molecule has 2 aromatic carbocycles. The molecule has 4 nitrogen and oxygen atoms in total. The Hall–Kier alpha value is -2.35. The number of aliphatic carboxylic acids is 1. The highest BCUT2D eigenvalue weighted by Crippen LogP contribution is 2.39. The van der Waals surface area contributed by atoms with E-state index in [2.05, 4.69) is 4.74 Å². The first kappa shape index (κ1) is 20.4. The molecule has 150 valence electrons. The molecule has 0 heterocycles. The van der Waals surface area contributed by atoms with Crippen molar-refractivity contribution in [1.29, 1.82) is 0 Å². The van der Waals surface area contributed by atoms with Gasteiger partial charge in [0, 0.05) is 16.2 Å². The minimum atomic E-state index is -4.73. The first-order chi connectivity index (χ1) is 13.3. The van der Waals surface area contributed by atoms with E-state index in [-0.39, 0.29) is 5.75 Å². The van der Waals surface area contributed by atoms with Gasteiger partial charge in [-0.3, -0.25) is 0 Å². The molecule has 0 atom stereocenters. The Morgan fingerprint density at radius 1 is 1.04 bits per heavy atom. The van der Waals surface area contributed by atoms with E-state index in [1.54, 1.807) is 18.2 Å². The van der Waals surface area contributed by atoms with Crippen LogP contribution in [0.4, 0.5) is 13.2 Å². The van der Waals surface area contributed by atoms with Crippen LogP contribution in [0.2, 0.25) is 0 Å². The molecule has 3 rings (SSSR count). The number of hydrogen-bond acceptors (Lipinski definition) is 4. The van der Waals surface area contributed by atoms with Crippen molar-refractivity contribution in [1.82, 2.24) is 0 Å². The van der Waals surface area contributed by atoms with Crippen molar-refractivity contribution in [2.24, 2.45) is 0 Å². The normalized spacial score (nSPS) is 13.7. The van der Waals surface area contributed by atoms with Crippen molar-refractivity contribution < 1.29 is 32.5 Å². The van der Waals surface area contributed by atoms with Crippen molar-refractivity contribution in [3.63, 3.8) is 0 Å². The minimum Gasteiger partial charge on any atom is -0.482 e. The molecule has 1 aliphatic carbocycles. The number of thioether (sulfide) groups is 1. The summed E-state index contributed by atoms with van der Waals surface area (Å²) in [5.41, 5.74) is 2.55. The van der Waals surface area contributed by atoms with Crippen LogP contribution in [0.25, 0.3) is 0 Å². The number of carboxylic acids is 1. The number of carbonyl (C=O) groups is 1. The predicted octanol–water partition coefficient (Wildman–Crippen LogP) is 5.22. The fourth-order valence-corrected chi connectivity index (χ4v) is 4.33. The largest absolute Gasteiger partial charge is 0.573 e. The zero-order valence-corrected chi connectivity index (χ0v) is 15.7. The molecular formula is C20H19F3O4S. The molecule has 0 bridgehead atoms.